The van der Waals surface area contributed by atoms with Gasteiger partial charge in [0.1, 0.15) is 12.5 Å². The number of aromatic amines is 2. The smallest absolute Gasteiger partial charge is 0.315 e. The molecule has 49 heavy (non-hydrogen) atoms. The number of carbonyl (C=O) groups excluding carboxylic acids is 2. The number of nitrogens with one attached hydrogen (secondary N) is 4. The Morgan fingerprint density at radius 1 is 1.00 bits per heavy atom. The second-order valence-corrected chi connectivity index (χ2v) is 14.4. The first kappa shape index (κ1) is 34.6. The number of methoxy groups -OCH3 is 1. The zero-order chi connectivity index (χ0) is 35.3. The summed E-state index contributed by atoms with van der Waals surface area (Å²) in [5, 5.41) is 21.1. The van der Waals surface area contributed by atoms with Gasteiger partial charge in [-0.3, -0.25) is 9.59 Å². The van der Waals surface area contributed by atoms with Gasteiger partial charge in [0.25, 0.3) is 0 Å². The second kappa shape index (κ2) is 13.6. The van der Waals surface area contributed by atoms with Crippen LogP contribution in [-0.2, 0) is 25.5 Å². The number of hydrogen-bond acceptors (Lipinski definition) is 7. The van der Waals surface area contributed by atoms with Crippen LogP contribution >= 0.6 is 0 Å². The Balaban J connectivity index is 1.57. The number of esters is 2. The van der Waals surface area contributed by atoms with Crippen molar-refractivity contribution < 1.29 is 24.2 Å². The van der Waals surface area contributed by atoms with Crippen LogP contribution in [0, 0.1) is 37.5 Å². The molecule has 8 bridgehead atoms. The summed E-state index contributed by atoms with van der Waals surface area (Å²) in [5.41, 5.74) is 12.6. The fourth-order valence-corrected chi connectivity index (χ4v) is 8.52. The average Bonchev–Trinajstić information content (AvgIpc) is 3.80. The van der Waals surface area contributed by atoms with Gasteiger partial charge in [-0.15, -0.1) is 0 Å². The fraction of sp³-hybridized carbons (Fsp3) is 0.500. The first-order valence-corrected chi connectivity index (χ1v) is 17.8. The van der Waals surface area contributed by atoms with Crippen LogP contribution in [0.2, 0.25) is 0 Å². The van der Waals surface area contributed by atoms with Crippen molar-refractivity contribution >= 4 is 29.7 Å². The van der Waals surface area contributed by atoms with Gasteiger partial charge >= 0.3 is 11.9 Å². The molecule has 0 aromatic carbocycles. The summed E-state index contributed by atoms with van der Waals surface area (Å²) < 4.78 is 10.9. The lowest BCUT2D eigenvalue weighted by molar-refractivity contribution is -0.147. The van der Waals surface area contributed by atoms with E-state index in [0.717, 1.165) is 68.6 Å². The Kier molecular flexibility index (Phi) is 9.59. The maximum atomic E-state index is 13.5. The van der Waals surface area contributed by atoms with Gasteiger partial charge in [0.2, 0.25) is 0 Å². The van der Waals surface area contributed by atoms with Crippen LogP contribution in [0.5, 0.6) is 0 Å². The number of aliphatic hydroxyl groups excluding tert-OH is 1. The van der Waals surface area contributed by atoms with Crippen molar-refractivity contribution in [3.05, 3.63) is 84.7 Å². The van der Waals surface area contributed by atoms with Crippen LogP contribution in [0.25, 0.3) is 17.7 Å². The van der Waals surface area contributed by atoms with E-state index in [1.165, 1.54) is 29.5 Å². The Hall–Kier alpha value is -4.24. The molecule has 1 saturated heterocycles. The molecule has 0 spiro atoms. The third-order valence-electron chi connectivity index (χ3n) is 11.4. The number of aliphatic hydroxyl groups is 1. The molecular formula is C40H52N4O5. The molecule has 0 saturated carbocycles. The highest BCUT2D eigenvalue weighted by molar-refractivity contribution is 5.88. The molecule has 6 atom stereocenters. The van der Waals surface area contributed by atoms with Crippen LogP contribution in [0.3, 0.4) is 0 Å². The van der Waals surface area contributed by atoms with Crippen molar-refractivity contribution in [2.24, 2.45) is 23.7 Å². The predicted octanol–water partition coefficient (Wildman–Crippen LogP) is 4.99. The van der Waals surface area contributed by atoms with Crippen molar-refractivity contribution in [3.63, 3.8) is 0 Å². The summed E-state index contributed by atoms with van der Waals surface area (Å²) in [6, 6.07) is -0.338. The molecule has 2 aromatic rings. The van der Waals surface area contributed by atoms with Gasteiger partial charge in [0, 0.05) is 63.0 Å². The first-order valence-electron chi connectivity index (χ1n) is 17.8. The van der Waals surface area contributed by atoms with Crippen LogP contribution < -0.4 is 21.3 Å². The van der Waals surface area contributed by atoms with Gasteiger partial charge in [-0.2, -0.15) is 0 Å². The van der Waals surface area contributed by atoms with Crippen molar-refractivity contribution in [2.75, 3.05) is 13.7 Å². The molecule has 2 aromatic heterocycles. The summed E-state index contributed by atoms with van der Waals surface area (Å²) in [5.74, 6) is -1.40. The van der Waals surface area contributed by atoms with Gasteiger partial charge in [-0.25, -0.2) is 0 Å². The number of H-pyrrole nitrogens is 2. The molecule has 1 unspecified atom stereocenters. The van der Waals surface area contributed by atoms with Gasteiger partial charge < -0.3 is 35.2 Å². The standard InChI is InChI=1S/C40H52N4O5/c1-10-24-20(5)27-16-29-22(7)26(12-13-33(45)49-15-14-19(3)4)37(43-29)35-36(40(47)48-9)39(46)34-23(8)30(44-38(34)35)18-32-25(11-2)21(6)28(42-32)17-31(24)41-27/h14,16-18,22,24,26,36-37,39,41-44,46H,10-13,15H2,1-9H3/b29-16-,30-18-,31-17-/t22-,24+,26-,36+,37?,39+/m0/s1. The minimum atomic E-state index is -1.07. The number of carbonyl (C=O) groups is 2. The van der Waals surface area contributed by atoms with E-state index in [0.29, 0.717) is 6.42 Å². The molecule has 0 radical (unpaired) electrons. The zero-order valence-corrected chi connectivity index (χ0v) is 30.4. The lowest BCUT2D eigenvalue weighted by Crippen LogP contribution is -2.37. The lowest BCUT2D eigenvalue weighted by Gasteiger charge is -2.27. The van der Waals surface area contributed by atoms with Crippen molar-refractivity contribution in [3.8, 4) is 0 Å². The third kappa shape index (κ3) is 6.00. The average molecular weight is 669 g/mol. The summed E-state index contributed by atoms with van der Waals surface area (Å²) in [6.07, 6.45) is 10.0. The summed E-state index contributed by atoms with van der Waals surface area (Å²) in [4.78, 5) is 33.8. The van der Waals surface area contributed by atoms with Gasteiger partial charge in [0.15, 0.2) is 0 Å². The highest BCUT2D eigenvalue weighted by Gasteiger charge is 2.49. The number of ether oxygens (including phenoxy) is 2. The molecule has 6 rings (SSSR count). The molecule has 3 aliphatic heterocycles. The molecule has 9 heteroatoms. The van der Waals surface area contributed by atoms with Crippen molar-refractivity contribution in [1.82, 2.24) is 20.6 Å². The molecule has 4 aliphatic rings. The Morgan fingerprint density at radius 3 is 2.43 bits per heavy atom. The molecule has 0 amide bonds. The van der Waals surface area contributed by atoms with Gasteiger partial charge in [-0.05, 0) is 112 Å². The second-order valence-electron chi connectivity index (χ2n) is 14.4. The number of allylic oxidation sites excluding steroid dienone is 4. The fourth-order valence-electron chi connectivity index (χ4n) is 8.52. The van der Waals surface area contributed by atoms with E-state index >= 15 is 0 Å². The molecular weight excluding hydrogens is 616 g/mol. The number of fused-ring (bicyclic) bond motifs is 8. The minimum absolute atomic E-state index is 0.0236. The third-order valence-corrected chi connectivity index (χ3v) is 11.4. The van der Waals surface area contributed by atoms with Crippen molar-refractivity contribution in [1.29, 1.82) is 0 Å². The van der Waals surface area contributed by atoms with Crippen LogP contribution in [0.4, 0.5) is 0 Å². The van der Waals surface area contributed by atoms with E-state index in [4.69, 9.17) is 9.47 Å². The molecule has 262 valence electrons. The number of aromatic nitrogens is 2. The van der Waals surface area contributed by atoms with Crippen LogP contribution in [0.15, 0.2) is 40.4 Å². The number of hydrogen-bond donors (Lipinski definition) is 5. The minimum Gasteiger partial charge on any atom is -0.468 e. The maximum Gasteiger partial charge on any atom is 0.315 e. The van der Waals surface area contributed by atoms with E-state index in [1.54, 1.807) is 0 Å². The van der Waals surface area contributed by atoms with Crippen LogP contribution in [-0.4, -0.2) is 46.8 Å². The Labute approximate surface area is 289 Å². The van der Waals surface area contributed by atoms with Crippen molar-refractivity contribution in [2.45, 2.75) is 93.2 Å². The Bertz CT molecular complexity index is 1930. The number of rotatable bonds is 8. The highest BCUT2D eigenvalue weighted by Crippen LogP contribution is 2.45. The largest absolute Gasteiger partial charge is 0.468 e. The molecule has 5 heterocycles. The summed E-state index contributed by atoms with van der Waals surface area (Å²) in [6.45, 7) is 17.1. The van der Waals surface area contributed by atoms with E-state index in [9.17, 15) is 14.7 Å². The van der Waals surface area contributed by atoms with E-state index in [-0.39, 0.29) is 42.8 Å². The van der Waals surface area contributed by atoms with E-state index in [2.05, 4.69) is 73.4 Å². The van der Waals surface area contributed by atoms with E-state index < -0.39 is 18.0 Å². The SMILES string of the molecule is CCc1c2[nH]c(c1C)/C=C1\NC(=C(C)[C@H]1CC)/C=C1\NC(C3=c4[nH]/c(c(C)c4[C@@H](O)[C@@H]3C(=O)OC)=C\2)[C@@H](CCC(=O)OCC=C(C)C)[C@@H]1C. The molecule has 9 nitrogen and oxygen atoms in total. The highest BCUT2D eigenvalue weighted by atomic mass is 16.5. The monoisotopic (exact) mass is 668 g/mol. The maximum absolute atomic E-state index is 13.5. The van der Waals surface area contributed by atoms with Crippen LogP contribution in [0.1, 0.15) is 101 Å². The Morgan fingerprint density at radius 2 is 1.76 bits per heavy atom. The van der Waals surface area contributed by atoms with Gasteiger partial charge in [-0.1, -0.05) is 26.3 Å². The topological polar surface area (TPSA) is 128 Å². The lowest BCUT2D eigenvalue weighted by atomic mass is 9.80. The molecule has 1 aliphatic carbocycles. The first-order chi connectivity index (χ1) is 23.4. The molecule has 1 fully saturated rings. The van der Waals surface area contributed by atoms with Gasteiger partial charge in [0.05, 0.1) is 19.3 Å². The quantitative estimate of drug-likeness (QED) is 0.198. The zero-order valence-electron chi connectivity index (χ0n) is 30.4. The van der Waals surface area contributed by atoms with E-state index in [1.807, 2.05) is 26.8 Å². The predicted molar refractivity (Wildman–Crippen MR) is 192 cm³/mol. The summed E-state index contributed by atoms with van der Waals surface area (Å²) in [7, 11) is 1.37. The molecule has 5 N–H and O–H groups in total. The normalized spacial score (nSPS) is 28.1. The summed E-state index contributed by atoms with van der Waals surface area (Å²) >= 11 is 0.